The highest BCUT2D eigenvalue weighted by Crippen LogP contribution is 2.29. The molecule has 2 fully saturated rings. The predicted molar refractivity (Wildman–Crippen MR) is 110 cm³/mol. The molecule has 1 N–H and O–H groups in total. The van der Waals surface area contributed by atoms with Gasteiger partial charge in [0.15, 0.2) is 6.10 Å². The fraction of sp³-hybridized carbons (Fsp3) is 0.652. The highest BCUT2D eigenvalue weighted by Gasteiger charge is 2.30. The van der Waals surface area contributed by atoms with E-state index in [1.54, 1.807) is 31.2 Å². The first-order chi connectivity index (χ1) is 13.9. The van der Waals surface area contributed by atoms with Crippen molar-refractivity contribution in [2.75, 3.05) is 13.2 Å². The molecule has 2 aliphatic rings. The monoisotopic (exact) mass is 403 g/mol. The highest BCUT2D eigenvalue weighted by molar-refractivity contribution is 5.92. The van der Waals surface area contributed by atoms with Crippen LogP contribution in [0.5, 0.6) is 5.75 Å². The smallest absolute Gasteiger partial charge is 0.338 e. The Kier molecular flexibility index (Phi) is 7.53. The summed E-state index contributed by atoms with van der Waals surface area (Å²) in [6.45, 7) is 7.32. The molecule has 0 aromatic heterocycles. The van der Waals surface area contributed by atoms with Gasteiger partial charge in [0.1, 0.15) is 12.4 Å². The second-order valence-electron chi connectivity index (χ2n) is 8.40. The van der Waals surface area contributed by atoms with Gasteiger partial charge in [-0.3, -0.25) is 4.79 Å². The van der Waals surface area contributed by atoms with E-state index in [-0.39, 0.29) is 18.1 Å². The molecular weight excluding hydrogens is 370 g/mol. The van der Waals surface area contributed by atoms with Crippen LogP contribution in [0.4, 0.5) is 0 Å². The summed E-state index contributed by atoms with van der Waals surface area (Å²) in [6, 6.07) is 6.93. The number of hydrogen-bond acceptors (Lipinski definition) is 5. The summed E-state index contributed by atoms with van der Waals surface area (Å²) >= 11 is 0. The van der Waals surface area contributed by atoms with Crippen molar-refractivity contribution in [3.8, 4) is 5.75 Å². The number of amides is 1. The summed E-state index contributed by atoms with van der Waals surface area (Å²) in [5, 5.41) is 3.06. The number of carbonyl (C=O) groups is 2. The largest absolute Gasteiger partial charge is 0.491 e. The first-order valence-electron chi connectivity index (χ1n) is 10.8. The molecule has 0 spiro atoms. The number of nitrogens with one attached hydrogen (secondary N) is 1. The number of carbonyl (C=O) groups excluding carboxylic acids is 2. The van der Waals surface area contributed by atoms with Gasteiger partial charge in [-0.15, -0.1) is 0 Å². The third-order valence-electron chi connectivity index (χ3n) is 6.24. The minimum Gasteiger partial charge on any atom is -0.491 e. The zero-order valence-corrected chi connectivity index (χ0v) is 17.7. The second kappa shape index (κ2) is 10.1. The van der Waals surface area contributed by atoms with Gasteiger partial charge in [-0.2, -0.15) is 0 Å². The number of rotatable bonds is 7. The van der Waals surface area contributed by atoms with Gasteiger partial charge in [-0.1, -0.05) is 26.7 Å². The van der Waals surface area contributed by atoms with Crippen molar-refractivity contribution in [1.82, 2.24) is 5.32 Å². The van der Waals surface area contributed by atoms with Gasteiger partial charge in [-0.25, -0.2) is 4.79 Å². The highest BCUT2D eigenvalue weighted by atomic mass is 16.5. The van der Waals surface area contributed by atoms with Gasteiger partial charge in [-0.05, 0) is 62.3 Å². The van der Waals surface area contributed by atoms with E-state index >= 15 is 0 Å². The maximum Gasteiger partial charge on any atom is 0.338 e. The van der Waals surface area contributed by atoms with E-state index in [2.05, 4.69) is 19.2 Å². The SMILES string of the molecule is C[C@@H]1[C@@H](C)CCC[C@H]1NC(=O)[C@@H](C)OC(=O)c1ccc(OC[C@@H]2CCCO2)cc1. The number of benzene rings is 1. The van der Waals surface area contributed by atoms with Crippen molar-refractivity contribution in [2.45, 2.75) is 71.1 Å². The standard InChI is InChI=1S/C23H33NO5/c1-15-6-4-8-21(16(15)2)24-22(25)17(3)29-23(26)18-9-11-19(12-10-18)28-14-20-7-5-13-27-20/h9-12,15-17,20-21H,4-8,13-14H2,1-3H3,(H,24,25)/t15-,16+,17+,20-,21+/m0/s1. The van der Waals surface area contributed by atoms with Gasteiger partial charge in [0, 0.05) is 12.6 Å². The normalized spacial score (nSPS) is 27.8. The summed E-state index contributed by atoms with van der Waals surface area (Å²) in [7, 11) is 0. The van der Waals surface area contributed by atoms with Crippen LogP contribution in [0.1, 0.15) is 63.2 Å². The van der Waals surface area contributed by atoms with Gasteiger partial charge >= 0.3 is 5.97 Å². The van der Waals surface area contributed by atoms with E-state index in [1.807, 2.05) is 0 Å². The van der Waals surface area contributed by atoms with Gasteiger partial charge in [0.25, 0.3) is 5.91 Å². The minimum atomic E-state index is -0.831. The molecule has 1 saturated heterocycles. The molecule has 0 radical (unpaired) electrons. The summed E-state index contributed by atoms with van der Waals surface area (Å²) in [6.07, 6.45) is 4.70. The molecule has 0 bridgehead atoms. The Morgan fingerprint density at radius 1 is 1.14 bits per heavy atom. The molecule has 5 atom stereocenters. The van der Waals surface area contributed by atoms with Crippen LogP contribution < -0.4 is 10.1 Å². The molecule has 1 aliphatic carbocycles. The van der Waals surface area contributed by atoms with Crippen molar-refractivity contribution in [3.05, 3.63) is 29.8 Å². The molecule has 1 saturated carbocycles. The first kappa shape index (κ1) is 21.6. The molecule has 1 amide bonds. The van der Waals surface area contributed by atoms with Crippen molar-refractivity contribution < 1.29 is 23.8 Å². The zero-order valence-electron chi connectivity index (χ0n) is 17.7. The summed E-state index contributed by atoms with van der Waals surface area (Å²) < 4.78 is 16.6. The van der Waals surface area contributed by atoms with Gasteiger partial charge in [0.2, 0.25) is 0 Å². The van der Waals surface area contributed by atoms with E-state index in [9.17, 15) is 9.59 Å². The Hall–Kier alpha value is -2.08. The fourth-order valence-corrected chi connectivity index (χ4v) is 4.02. The maximum atomic E-state index is 12.5. The molecule has 3 rings (SSSR count). The van der Waals surface area contributed by atoms with Crippen LogP contribution >= 0.6 is 0 Å². The van der Waals surface area contributed by atoms with Crippen LogP contribution in [0, 0.1) is 11.8 Å². The lowest BCUT2D eigenvalue weighted by molar-refractivity contribution is -0.130. The van der Waals surface area contributed by atoms with E-state index in [0.29, 0.717) is 29.8 Å². The molecule has 1 aromatic carbocycles. The van der Waals surface area contributed by atoms with Gasteiger partial charge < -0.3 is 19.5 Å². The van der Waals surface area contributed by atoms with Crippen LogP contribution in [-0.4, -0.2) is 43.3 Å². The van der Waals surface area contributed by atoms with Crippen LogP contribution in [-0.2, 0) is 14.3 Å². The summed E-state index contributed by atoms with van der Waals surface area (Å²) in [5.41, 5.74) is 0.397. The average molecular weight is 404 g/mol. The van der Waals surface area contributed by atoms with Crippen LogP contribution in [0.3, 0.4) is 0 Å². The van der Waals surface area contributed by atoms with Crippen molar-refractivity contribution in [1.29, 1.82) is 0 Å². The lowest BCUT2D eigenvalue weighted by Gasteiger charge is -2.35. The lowest BCUT2D eigenvalue weighted by Crippen LogP contribution is -2.47. The quantitative estimate of drug-likeness (QED) is 0.702. The minimum absolute atomic E-state index is 0.146. The van der Waals surface area contributed by atoms with Crippen LogP contribution in [0.2, 0.25) is 0 Å². The summed E-state index contributed by atoms with van der Waals surface area (Å²) in [4.78, 5) is 24.9. The summed E-state index contributed by atoms with van der Waals surface area (Å²) in [5.74, 6) is 0.957. The van der Waals surface area contributed by atoms with E-state index in [4.69, 9.17) is 14.2 Å². The number of hydrogen-bond donors (Lipinski definition) is 1. The Bertz CT molecular complexity index is 683. The number of esters is 1. The third kappa shape index (κ3) is 5.95. The van der Waals surface area contributed by atoms with Crippen LogP contribution in [0.15, 0.2) is 24.3 Å². The van der Waals surface area contributed by atoms with Crippen LogP contribution in [0.25, 0.3) is 0 Å². The van der Waals surface area contributed by atoms with Crippen molar-refractivity contribution in [3.63, 3.8) is 0 Å². The molecular formula is C23H33NO5. The van der Waals surface area contributed by atoms with E-state index in [1.165, 1.54) is 6.42 Å². The Labute approximate surface area is 173 Å². The molecule has 6 nitrogen and oxygen atoms in total. The molecule has 1 aliphatic heterocycles. The average Bonchev–Trinajstić information content (AvgIpc) is 3.24. The maximum absolute atomic E-state index is 12.5. The molecule has 160 valence electrons. The lowest BCUT2D eigenvalue weighted by atomic mass is 9.78. The fourth-order valence-electron chi connectivity index (χ4n) is 4.02. The molecule has 6 heteroatoms. The third-order valence-corrected chi connectivity index (χ3v) is 6.24. The Morgan fingerprint density at radius 2 is 1.90 bits per heavy atom. The second-order valence-corrected chi connectivity index (χ2v) is 8.40. The zero-order chi connectivity index (χ0) is 20.8. The van der Waals surface area contributed by atoms with Gasteiger partial charge in [0.05, 0.1) is 11.7 Å². The topological polar surface area (TPSA) is 73.9 Å². The molecule has 0 unspecified atom stereocenters. The van der Waals surface area contributed by atoms with E-state index in [0.717, 1.165) is 32.3 Å². The predicted octanol–water partition coefficient (Wildman–Crippen LogP) is 3.73. The first-order valence-corrected chi connectivity index (χ1v) is 10.8. The van der Waals surface area contributed by atoms with Crippen molar-refractivity contribution >= 4 is 11.9 Å². The molecule has 29 heavy (non-hydrogen) atoms. The Balaban J connectivity index is 1.46. The molecule has 1 heterocycles. The molecule has 1 aromatic rings. The van der Waals surface area contributed by atoms with Crippen molar-refractivity contribution in [2.24, 2.45) is 11.8 Å². The van der Waals surface area contributed by atoms with E-state index < -0.39 is 12.1 Å². The Morgan fingerprint density at radius 3 is 2.59 bits per heavy atom. The number of ether oxygens (including phenoxy) is 3.